The first-order chi connectivity index (χ1) is 8.63. The maximum atomic E-state index is 12.9. The van der Waals surface area contributed by atoms with Crippen LogP contribution in [0, 0.1) is 31.0 Å². The van der Waals surface area contributed by atoms with Crippen LogP contribution in [0.2, 0.25) is 0 Å². The first-order valence-electron chi connectivity index (χ1n) is 5.85. The number of aryl methyl sites for hydroxylation is 1. The van der Waals surface area contributed by atoms with Crippen LogP contribution in [0.3, 0.4) is 0 Å². The molecule has 2 heteroatoms. The summed E-state index contributed by atoms with van der Waals surface area (Å²) >= 11 is 0. The first-order valence-corrected chi connectivity index (χ1v) is 5.85. The Balaban J connectivity index is 2.56. The third-order valence-electron chi connectivity index (χ3n) is 3.24. The molecule has 90 valence electrons. The van der Waals surface area contributed by atoms with E-state index in [2.05, 4.69) is 6.07 Å². The Kier molecular flexibility index (Phi) is 3.43. The lowest BCUT2D eigenvalue weighted by Gasteiger charge is -2.12. The second-order valence-electron chi connectivity index (χ2n) is 4.38. The molecule has 0 spiro atoms. The largest absolute Gasteiger partial charge is 0.207 e. The quantitative estimate of drug-likeness (QED) is 0.771. The number of rotatable bonds is 2. The summed E-state index contributed by atoms with van der Waals surface area (Å²) in [5, 5.41) is 8.87. The molecule has 0 aliphatic rings. The van der Waals surface area contributed by atoms with Crippen LogP contribution in [0.25, 0.3) is 11.1 Å². The van der Waals surface area contributed by atoms with Crippen molar-refractivity contribution in [1.29, 1.82) is 5.26 Å². The minimum absolute atomic E-state index is 0.235. The fraction of sp³-hybridized carbons (Fsp3) is 0.188. The van der Waals surface area contributed by atoms with Crippen molar-refractivity contribution in [2.24, 2.45) is 0 Å². The molecule has 0 aliphatic heterocycles. The third kappa shape index (κ3) is 2.26. The predicted molar refractivity (Wildman–Crippen MR) is 70.6 cm³/mol. The number of nitriles is 1. The van der Waals surface area contributed by atoms with Gasteiger partial charge in [-0.05, 0) is 53.8 Å². The molecule has 0 fully saturated rings. The van der Waals surface area contributed by atoms with E-state index in [0.717, 1.165) is 27.8 Å². The van der Waals surface area contributed by atoms with Crippen molar-refractivity contribution in [2.75, 3.05) is 0 Å². The van der Waals surface area contributed by atoms with E-state index in [1.54, 1.807) is 12.1 Å². The lowest BCUT2D eigenvalue weighted by atomic mass is 9.92. The van der Waals surface area contributed by atoms with Gasteiger partial charge in [0, 0.05) is 0 Å². The fourth-order valence-electron chi connectivity index (χ4n) is 2.19. The summed E-state index contributed by atoms with van der Waals surface area (Å²) in [4.78, 5) is 0. The van der Waals surface area contributed by atoms with Crippen molar-refractivity contribution in [1.82, 2.24) is 0 Å². The Morgan fingerprint density at radius 1 is 1.06 bits per heavy atom. The maximum Gasteiger partial charge on any atom is 0.123 e. The number of halogens is 1. The third-order valence-corrected chi connectivity index (χ3v) is 3.24. The van der Waals surface area contributed by atoms with Gasteiger partial charge in [-0.15, -0.1) is 0 Å². The van der Waals surface area contributed by atoms with Gasteiger partial charge in [0.05, 0.1) is 12.5 Å². The molecule has 2 rings (SSSR count). The Morgan fingerprint density at radius 2 is 1.72 bits per heavy atom. The van der Waals surface area contributed by atoms with Crippen molar-refractivity contribution in [3.63, 3.8) is 0 Å². The van der Waals surface area contributed by atoms with Gasteiger partial charge in [0.1, 0.15) is 5.82 Å². The summed E-state index contributed by atoms with van der Waals surface area (Å²) in [5.74, 6) is -0.235. The molecule has 0 saturated carbocycles. The number of benzene rings is 2. The molecule has 0 bridgehead atoms. The summed E-state index contributed by atoms with van der Waals surface area (Å²) in [7, 11) is 0. The SMILES string of the molecule is Cc1ccc(-c2ccc(F)cc2)c(C)c1CC#N. The van der Waals surface area contributed by atoms with Gasteiger partial charge in [0.2, 0.25) is 0 Å². The zero-order chi connectivity index (χ0) is 13.1. The summed E-state index contributed by atoms with van der Waals surface area (Å²) in [6.07, 6.45) is 0.409. The summed E-state index contributed by atoms with van der Waals surface area (Å²) in [6.45, 7) is 4.02. The van der Waals surface area contributed by atoms with E-state index < -0.39 is 0 Å². The van der Waals surface area contributed by atoms with E-state index in [0.29, 0.717) is 6.42 Å². The van der Waals surface area contributed by atoms with Gasteiger partial charge in [-0.2, -0.15) is 5.26 Å². The average Bonchev–Trinajstić information content (AvgIpc) is 2.36. The zero-order valence-electron chi connectivity index (χ0n) is 10.5. The van der Waals surface area contributed by atoms with Crippen LogP contribution in [0.15, 0.2) is 36.4 Å². The molecule has 0 saturated heterocycles. The number of nitrogens with zero attached hydrogens (tertiary/aromatic N) is 1. The van der Waals surface area contributed by atoms with E-state index in [-0.39, 0.29) is 5.82 Å². The van der Waals surface area contributed by atoms with E-state index in [1.165, 1.54) is 12.1 Å². The van der Waals surface area contributed by atoms with Gasteiger partial charge in [0.25, 0.3) is 0 Å². The molecular weight excluding hydrogens is 225 g/mol. The number of hydrogen-bond acceptors (Lipinski definition) is 1. The highest BCUT2D eigenvalue weighted by Gasteiger charge is 2.08. The monoisotopic (exact) mass is 239 g/mol. The van der Waals surface area contributed by atoms with E-state index >= 15 is 0 Å². The molecule has 18 heavy (non-hydrogen) atoms. The molecule has 1 nitrogen and oxygen atoms in total. The molecule has 0 aliphatic carbocycles. The van der Waals surface area contributed by atoms with Gasteiger partial charge in [-0.25, -0.2) is 4.39 Å². The second-order valence-corrected chi connectivity index (χ2v) is 4.38. The van der Waals surface area contributed by atoms with Crippen molar-refractivity contribution in [3.8, 4) is 17.2 Å². The van der Waals surface area contributed by atoms with E-state index in [1.807, 2.05) is 26.0 Å². The molecule has 0 unspecified atom stereocenters. The van der Waals surface area contributed by atoms with E-state index in [4.69, 9.17) is 5.26 Å². The zero-order valence-corrected chi connectivity index (χ0v) is 10.5. The first kappa shape index (κ1) is 12.3. The van der Waals surface area contributed by atoms with Gasteiger partial charge in [0.15, 0.2) is 0 Å². The van der Waals surface area contributed by atoms with Gasteiger partial charge in [-0.1, -0.05) is 24.3 Å². The number of hydrogen-bond donors (Lipinski definition) is 0. The van der Waals surface area contributed by atoms with Crippen LogP contribution in [0.5, 0.6) is 0 Å². The second kappa shape index (κ2) is 5.01. The van der Waals surface area contributed by atoms with Crippen LogP contribution in [-0.4, -0.2) is 0 Å². The molecule has 0 atom stereocenters. The highest BCUT2D eigenvalue weighted by Crippen LogP contribution is 2.28. The lowest BCUT2D eigenvalue weighted by Crippen LogP contribution is -1.95. The average molecular weight is 239 g/mol. The van der Waals surface area contributed by atoms with Crippen LogP contribution < -0.4 is 0 Å². The predicted octanol–water partition coefficient (Wildman–Crippen LogP) is 4.18. The molecule has 0 aromatic heterocycles. The summed E-state index contributed by atoms with van der Waals surface area (Å²) in [5.41, 5.74) is 5.33. The van der Waals surface area contributed by atoms with Crippen LogP contribution >= 0.6 is 0 Å². The lowest BCUT2D eigenvalue weighted by molar-refractivity contribution is 0.628. The topological polar surface area (TPSA) is 23.8 Å². The Labute approximate surface area is 107 Å². The molecule has 2 aromatic rings. The molecular formula is C16H14FN. The minimum atomic E-state index is -0.235. The van der Waals surface area contributed by atoms with Gasteiger partial charge in [-0.3, -0.25) is 0 Å². The van der Waals surface area contributed by atoms with Crippen LogP contribution in [-0.2, 0) is 6.42 Å². The Morgan fingerprint density at radius 3 is 2.33 bits per heavy atom. The standard InChI is InChI=1S/C16H14FN/c1-11-3-8-16(12(2)15(11)9-10-18)13-4-6-14(17)7-5-13/h3-8H,9H2,1-2H3. The molecule has 0 N–H and O–H groups in total. The Hall–Kier alpha value is -2.14. The van der Waals surface area contributed by atoms with Crippen LogP contribution in [0.4, 0.5) is 4.39 Å². The normalized spacial score (nSPS) is 10.1. The minimum Gasteiger partial charge on any atom is -0.207 e. The maximum absolute atomic E-state index is 12.9. The highest BCUT2D eigenvalue weighted by molar-refractivity contribution is 5.69. The van der Waals surface area contributed by atoms with Crippen molar-refractivity contribution in [2.45, 2.75) is 20.3 Å². The fourth-order valence-corrected chi connectivity index (χ4v) is 2.19. The van der Waals surface area contributed by atoms with Gasteiger partial charge >= 0.3 is 0 Å². The smallest absolute Gasteiger partial charge is 0.123 e. The summed E-state index contributed by atoms with van der Waals surface area (Å²) < 4.78 is 12.9. The molecule has 0 heterocycles. The van der Waals surface area contributed by atoms with Gasteiger partial charge < -0.3 is 0 Å². The highest BCUT2D eigenvalue weighted by atomic mass is 19.1. The van der Waals surface area contributed by atoms with E-state index in [9.17, 15) is 4.39 Å². The van der Waals surface area contributed by atoms with Crippen molar-refractivity contribution >= 4 is 0 Å². The molecule has 2 aromatic carbocycles. The molecule has 0 radical (unpaired) electrons. The van der Waals surface area contributed by atoms with Crippen molar-refractivity contribution in [3.05, 3.63) is 58.9 Å². The Bertz CT molecular complexity index is 606. The van der Waals surface area contributed by atoms with Crippen molar-refractivity contribution < 1.29 is 4.39 Å². The van der Waals surface area contributed by atoms with Crippen LogP contribution in [0.1, 0.15) is 16.7 Å². The molecule has 0 amide bonds. The summed E-state index contributed by atoms with van der Waals surface area (Å²) in [6, 6.07) is 12.7.